The minimum Gasteiger partial charge on any atom is -0.496 e. The Bertz CT molecular complexity index is 2280. The third-order valence-electron chi connectivity index (χ3n) is 10.3. The first-order chi connectivity index (χ1) is 27.8. The Morgan fingerprint density at radius 3 is 1.57 bits per heavy atom. The monoisotopic (exact) mass is 820 g/mol. The highest BCUT2D eigenvalue weighted by molar-refractivity contribution is 6.33. The van der Waals surface area contributed by atoms with Crippen molar-refractivity contribution in [3.8, 4) is 28.5 Å². The molecule has 2 aliphatic carbocycles. The molecule has 0 spiro atoms. The Morgan fingerprint density at radius 1 is 0.621 bits per heavy atom. The Hall–Kier alpha value is -4.93. The van der Waals surface area contributed by atoms with Crippen molar-refractivity contribution in [2.24, 2.45) is 14.1 Å². The quantitative estimate of drug-likeness (QED) is 0.165. The molecular formula is C42H53ClN6O9. The fourth-order valence-electron chi connectivity index (χ4n) is 7.35. The van der Waals surface area contributed by atoms with E-state index in [1.165, 1.54) is 9.13 Å². The number of Topliss-reactive ketones (excluding diaryl/α,β-unsaturated/α-hetero) is 2. The second-order valence-electron chi connectivity index (χ2n) is 14.4. The number of benzene rings is 2. The second-order valence-corrected chi connectivity index (χ2v) is 14.8. The number of fused-ring (bicyclic) bond motifs is 2. The molecule has 2 aromatic heterocycles. The maximum absolute atomic E-state index is 13.2. The van der Waals surface area contributed by atoms with Gasteiger partial charge in [0.1, 0.15) is 28.8 Å². The predicted octanol–water partition coefficient (Wildman–Crippen LogP) is 4.97. The van der Waals surface area contributed by atoms with Crippen molar-refractivity contribution < 1.29 is 33.3 Å². The van der Waals surface area contributed by atoms with Gasteiger partial charge in [-0.25, -0.2) is 9.97 Å². The van der Waals surface area contributed by atoms with Crippen LogP contribution in [0.25, 0.3) is 22.8 Å². The van der Waals surface area contributed by atoms with Crippen LogP contribution in [0.2, 0.25) is 5.02 Å². The van der Waals surface area contributed by atoms with E-state index in [-0.39, 0.29) is 34.8 Å². The van der Waals surface area contributed by atoms with E-state index in [1.807, 2.05) is 12.1 Å². The van der Waals surface area contributed by atoms with Crippen LogP contribution in [-0.2, 0) is 45.9 Å². The van der Waals surface area contributed by atoms with Crippen LogP contribution in [0.5, 0.6) is 5.75 Å². The number of anilines is 2. The van der Waals surface area contributed by atoms with Crippen LogP contribution in [-0.4, -0.2) is 105 Å². The molecular weight excluding hydrogens is 768 g/mol. The molecule has 0 saturated carbocycles. The number of aryl methyl sites for hydroxylation is 4. The molecule has 2 heterocycles. The summed E-state index contributed by atoms with van der Waals surface area (Å²) in [6.07, 6.45) is 3.37. The first kappa shape index (κ1) is 44.2. The molecule has 0 bridgehead atoms. The predicted molar refractivity (Wildman–Crippen MR) is 223 cm³/mol. The third kappa shape index (κ3) is 9.50. The SMILES string of the molecule is COCC(COC)Nc1c(C)nc(-c2cc3c(cc2Cl)C(=O)CC3)n(C)c1=O.COCC(COC)Nc1c(C)nc(-c2cc3c(cc2OC)C(=O)CCC3)n(C)c1=O. The zero-order valence-electron chi connectivity index (χ0n) is 34.7. The molecule has 6 rings (SSSR count). The van der Waals surface area contributed by atoms with E-state index in [0.29, 0.717) is 113 Å². The van der Waals surface area contributed by atoms with Gasteiger partial charge in [-0.1, -0.05) is 11.6 Å². The number of carbonyl (C=O) groups is 2. The molecule has 16 heteroatoms. The number of aromatic nitrogens is 4. The van der Waals surface area contributed by atoms with Gasteiger partial charge >= 0.3 is 0 Å². The first-order valence-electron chi connectivity index (χ1n) is 19.0. The van der Waals surface area contributed by atoms with Crippen molar-refractivity contribution in [2.45, 2.75) is 58.0 Å². The van der Waals surface area contributed by atoms with Crippen LogP contribution in [0.15, 0.2) is 33.9 Å². The van der Waals surface area contributed by atoms with Crippen molar-refractivity contribution in [1.29, 1.82) is 0 Å². The van der Waals surface area contributed by atoms with Crippen molar-refractivity contribution in [3.63, 3.8) is 0 Å². The summed E-state index contributed by atoms with van der Waals surface area (Å²) in [5, 5.41) is 6.79. The highest BCUT2D eigenvalue weighted by Crippen LogP contribution is 2.36. The molecule has 0 fully saturated rings. The lowest BCUT2D eigenvalue weighted by atomic mass is 9.88. The van der Waals surface area contributed by atoms with Gasteiger partial charge in [0.25, 0.3) is 11.1 Å². The van der Waals surface area contributed by atoms with Crippen LogP contribution >= 0.6 is 11.6 Å². The Kier molecular flexibility index (Phi) is 15.0. The summed E-state index contributed by atoms with van der Waals surface area (Å²) >= 11 is 6.43. The molecule has 2 aromatic carbocycles. The van der Waals surface area contributed by atoms with Gasteiger partial charge in [0.05, 0.1) is 67.6 Å². The topological polar surface area (TPSA) is 174 Å². The molecule has 0 radical (unpaired) electrons. The highest BCUT2D eigenvalue weighted by atomic mass is 35.5. The standard InChI is InChI=1S/C22H29N3O5.C20H24ClN3O4/c1-13-20(24-15(11-28-3)12-29-4)22(27)25(2)21(23-13)17-9-14-7-6-8-18(26)16(14)10-19(17)30-5;1-11-18(23-13(9-27-3)10-28-4)20(26)24(2)19(22-11)15-7-12-5-6-17(25)14(12)8-16(15)21/h9-10,15,24H,6-8,11-12H2,1-5H3;7-8,13,23H,5-6,9-10H2,1-4H3. The number of ketones is 2. The van der Waals surface area contributed by atoms with Gasteiger partial charge in [0.15, 0.2) is 11.6 Å². The van der Waals surface area contributed by atoms with Crippen molar-refractivity contribution in [3.05, 3.63) is 83.6 Å². The number of halogens is 1. The summed E-state index contributed by atoms with van der Waals surface area (Å²) in [6.45, 7) is 5.13. The van der Waals surface area contributed by atoms with E-state index < -0.39 is 0 Å². The zero-order chi connectivity index (χ0) is 42.3. The molecule has 58 heavy (non-hydrogen) atoms. The zero-order valence-corrected chi connectivity index (χ0v) is 35.4. The van der Waals surface area contributed by atoms with Crippen molar-refractivity contribution in [2.75, 3.05) is 72.6 Å². The molecule has 0 unspecified atom stereocenters. The lowest BCUT2D eigenvalue weighted by Crippen LogP contribution is -2.35. The lowest BCUT2D eigenvalue weighted by molar-refractivity contribution is 0.0969. The fourth-order valence-corrected chi connectivity index (χ4v) is 7.60. The van der Waals surface area contributed by atoms with Gasteiger partial charge in [0, 0.05) is 72.1 Å². The van der Waals surface area contributed by atoms with Gasteiger partial charge in [0.2, 0.25) is 0 Å². The molecule has 0 atom stereocenters. The maximum atomic E-state index is 13.2. The van der Waals surface area contributed by atoms with Gasteiger partial charge < -0.3 is 34.3 Å². The summed E-state index contributed by atoms with van der Waals surface area (Å²) < 4.78 is 29.3. The summed E-state index contributed by atoms with van der Waals surface area (Å²) in [6, 6.07) is 6.90. The first-order valence-corrected chi connectivity index (χ1v) is 19.4. The molecule has 0 saturated heterocycles. The minimum absolute atomic E-state index is 0.100. The molecule has 312 valence electrons. The van der Waals surface area contributed by atoms with E-state index in [9.17, 15) is 19.2 Å². The van der Waals surface area contributed by atoms with Crippen molar-refractivity contribution in [1.82, 2.24) is 19.1 Å². The summed E-state index contributed by atoms with van der Waals surface area (Å²) in [7, 11) is 11.3. The normalized spacial score (nSPS) is 13.4. The van der Waals surface area contributed by atoms with Gasteiger partial charge in [-0.2, -0.15) is 0 Å². The van der Waals surface area contributed by atoms with Gasteiger partial charge in [-0.05, 0) is 68.5 Å². The number of carbonyl (C=O) groups excluding carboxylic acids is 2. The highest BCUT2D eigenvalue weighted by Gasteiger charge is 2.26. The Balaban J connectivity index is 0.000000221. The molecule has 2 N–H and O–H groups in total. The van der Waals surface area contributed by atoms with Crippen LogP contribution < -0.4 is 26.5 Å². The van der Waals surface area contributed by atoms with E-state index in [1.54, 1.807) is 75.6 Å². The summed E-state index contributed by atoms with van der Waals surface area (Å²) in [5.74, 6) is 1.72. The third-order valence-corrected chi connectivity index (χ3v) is 10.6. The molecule has 2 aliphatic rings. The number of nitrogens with zero attached hydrogens (tertiary/aromatic N) is 4. The van der Waals surface area contributed by atoms with Gasteiger partial charge in [-0.15, -0.1) is 0 Å². The van der Waals surface area contributed by atoms with Crippen LogP contribution in [0, 0.1) is 13.8 Å². The van der Waals surface area contributed by atoms with E-state index in [4.69, 9.17) is 40.3 Å². The average molecular weight is 821 g/mol. The number of methoxy groups -OCH3 is 5. The summed E-state index contributed by atoms with van der Waals surface area (Å²) in [5.41, 5.74) is 6.14. The minimum atomic E-state index is -0.215. The number of hydrogen-bond acceptors (Lipinski definition) is 13. The van der Waals surface area contributed by atoms with Crippen LogP contribution in [0.4, 0.5) is 11.4 Å². The number of ether oxygens (including phenoxy) is 5. The van der Waals surface area contributed by atoms with E-state index >= 15 is 0 Å². The largest absolute Gasteiger partial charge is 0.496 e. The van der Waals surface area contributed by atoms with E-state index in [2.05, 4.69) is 15.6 Å². The number of hydrogen-bond donors (Lipinski definition) is 2. The fraction of sp³-hybridized carbons (Fsp3) is 0.476. The smallest absolute Gasteiger partial charge is 0.277 e. The van der Waals surface area contributed by atoms with E-state index in [0.717, 1.165) is 24.0 Å². The molecule has 0 amide bonds. The van der Waals surface area contributed by atoms with Crippen LogP contribution in [0.1, 0.15) is 62.5 Å². The lowest BCUT2D eigenvalue weighted by Gasteiger charge is -2.22. The molecule has 0 aliphatic heterocycles. The molecule has 15 nitrogen and oxygen atoms in total. The Morgan fingerprint density at radius 2 is 1.07 bits per heavy atom. The average Bonchev–Trinajstić information content (AvgIpc) is 3.56. The second kappa shape index (κ2) is 19.7. The summed E-state index contributed by atoms with van der Waals surface area (Å²) in [4.78, 5) is 59.7. The number of nitrogens with one attached hydrogen (secondary N) is 2. The maximum Gasteiger partial charge on any atom is 0.277 e. The van der Waals surface area contributed by atoms with Crippen LogP contribution in [0.3, 0.4) is 0 Å². The number of rotatable bonds is 15. The van der Waals surface area contributed by atoms with Crippen molar-refractivity contribution >= 4 is 34.5 Å². The Labute approximate surface area is 343 Å². The van der Waals surface area contributed by atoms with Gasteiger partial charge in [-0.3, -0.25) is 28.3 Å². The molecule has 4 aromatic rings.